The van der Waals surface area contributed by atoms with Crippen molar-refractivity contribution in [2.75, 3.05) is 20.7 Å². The molecule has 1 atom stereocenters. The number of benzene rings is 2. The van der Waals surface area contributed by atoms with Crippen molar-refractivity contribution in [2.45, 2.75) is 32.2 Å². The van der Waals surface area contributed by atoms with Crippen LogP contribution in [0.5, 0.6) is 5.75 Å². The fourth-order valence-corrected chi connectivity index (χ4v) is 3.58. The summed E-state index contributed by atoms with van der Waals surface area (Å²) in [6, 6.07) is 15.1. The first-order valence-electron chi connectivity index (χ1n) is 10.8. The van der Waals surface area contributed by atoms with Crippen LogP contribution in [-0.4, -0.2) is 47.6 Å². The fraction of sp³-hybridized carbons (Fsp3) is 0.320. The number of aromatic amines is 1. The van der Waals surface area contributed by atoms with Gasteiger partial charge in [-0.2, -0.15) is 5.10 Å². The Labute approximate surface area is 193 Å². The maximum absolute atomic E-state index is 13.4. The van der Waals surface area contributed by atoms with Crippen LogP contribution in [0.4, 0.5) is 4.39 Å². The molecular weight excluding hydrogens is 423 g/mol. The van der Waals surface area contributed by atoms with E-state index in [4.69, 9.17) is 4.74 Å². The number of nitrogens with one attached hydrogen (secondary N) is 2. The van der Waals surface area contributed by atoms with Crippen molar-refractivity contribution in [3.63, 3.8) is 0 Å². The van der Waals surface area contributed by atoms with Crippen molar-refractivity contribution in [3.05, 3.63) is 71.7 Å². The van der Waals surface area contributed by atoms with Crippen LogP contribution in [-0.2, 0) is 16.0 Å². The number of aromatic nitrogens is 2. The second kappa shape index (κ2) is 11.3. The Kier molecular flexibility index (Phi) is 8.18. The predicted octanol–water partition coefficient (Wildman–Crippen LogP) is 3.88. The summed E-state index contributed by atoms with van der Waals surface area (Å²) >= 11 is 0. The van der Waals surface area contributed by atoms with Gasteiger partial charge in [0.15, 0.2) is 0 Å². The third-order valence-corrected chi connectivity index (χ3v) is 5.39. The molecule has 0 bridgehead atoms. The van der Waals surface area contributed by atoms with E-state index in [9.17, 15) is 14.0 Å². The molecule has 1 aromatic heterocycles. The van der Waals surface area contributed by atoms with Crippen LogP contribution in [0.25, 0.3) is 11.3 Å². The Hall–Kier alpha value is -3.68. The van der Waals surface area contributed by atoms with E-state index in [2.05, 4.69) is 15.5 Å². The van der Waals surface area contributed by atoms with Crippen molar-refractivity contribution < 1.29 is 18.7 Å². The lowest BCUT2D eigenvalue weighted by atomic mass is 10.0. The van der Waals surface area contributed by atoms with E-state index in [1.807, 2.05) is 24.3 Å². The van der Waals surface area contributed by atoms with Gasteiger partial charge in [0, 0.05) is 31.8 Å². The molecular formula is C25H29FN4O3. The molecule has 0 saturated carbocycles. The van der Waals surface area contributed by atoms with Crippen LogP contribution in [0.1, 0.15) is 37.1 Å². The van der Waals surface area contributed by atoms with E-state index >= 15 is 0 Å². The molecule has 2 aromatic carbocycles. The Morgan fingerprint density at radius 1 is 1.18 bits per heavy atom. The second-order valence-corrected chi connectivity index (χ2v) is 7.94. The summed E-state index contributed by atoms with van der Waals surface area (Å²) in [7, 11) is 3.34. The maximum Gasteiger partial charge on any atom is 0.224 e. The molecule has 8 heteroatoms. The smallest absolute Gasteiger partial charge is 0.224 e. The first kappa shape index (κ1) is 24.0. The molecule has 0 fully saturated rings. The van der Waals surface area contributed by atoms with Crippen molar-refractivity contribution in [3.8, 4) is 17.0 Å². The molecule has 1 unspecified atom stereocenters. The number of nitrogens with zero attached hydrogens (tertiary/aromatic N) is 2. The van der Waals surface area contributed by atoms with Gasteiger partial charge in [-0.25, -0.2) is 4.39 Å². The quantitative estimate of drug-likeness (QED) is 0.489. The number of H-pyrrole nitrogens is 1. The van der Waals surface area contributed by atoms with E-state index in [1.165, 1.54) is 19.1 Å². The SMILES string of the molecule is COc1ccc(C(CC(=O)N(C)CCCc2cc(-c3cccc(F)c3)n[nH]2)NC(C)=O)cc1. The number of hydrogen-bond acceptors (Lipinski definition) is 4. The Bertz CT molecular complexity index is 1080. The number of amides is 2. The highest BCUT2D eigenvalue weighted by Gasteiger charge is 2.19. The van der Waals surface area contributed by atoms with Gasteiger partial charge in [0.1, 0.15) is 11.6 Å². The molecule has 0 aliphatic heterocycles. The molecule has 0 radical (unpaired) electrons. The van der Waals surface area contributed by atoms with Crippen LogP contribution in [0.15, 0.2) is 54.6 Å². The summed E-state index contributed by atoms with van der Waals surface area (Å²) in [4.78, 5) is 26.1. The second-order valence-electron chi connectivity index (χ2n) is 7.94. The van der Waals surface area contributed by atoms with Gasteiger partial charge in [-0.05, 0) is 48.7 Å². The third kappa shape index (κ3) is 6.90. The number of ether oxygens (including phenoxy) is 1. The average molecular weight is 453 g/mol. The molecule has 33 heavy (non-hydrogen) atoms. The zero-order chi connectivity index (χ0) is 23.8. The predicted molar refractivity (Wildman–Crippen MR) is 124 cm³/mol. The molecule has 174 valence electrons. The molecule has 0 aliphatic rings. The van der Waals surface area contributed by atoms with Gasteiger partial charge >= 0.3 is 0 Å². The standard InChI is InChI=1S/C25H29FN4O3/c1-17(31)27-23(18-9-11-22(33-3)12-10-18)16-25(32)30(2)13-5-8-21-15-24(29-28-21)19-6-4-7-20(26)14-19/h4,6-7,9-12,14-15,23H,5,8,13,16H2,1-3H3,(H,27,31)(H,28,29). The van der Waals surface area contributed by atoms with Gasteiger partial charge in [0.2, 0.25) is 11.8 Å². The molecule has 0 aliphatic carbocycles. The fourth-order valence-electron chi connectivity index (χ4n) is 3.58. The maximum atomic E-state index is 13.4. The van der Waals surface area contributed by atoms with Crippen LogP contribution < -0.4 is 10.1 Å². The number of carbonyl (C=O) groups is 2. The molecule has 0 spiro atoms. The van der Waals surface area contributed by atoms with Crippen molar-refractivity contribution in [1.82, 2.24) is 20.4 Å². The first-order chi connectivity index (χ1) is 15.9. The summed E-state index contributed by atoms with van der Waals surface area (Å²) in [6.07, 6.45) is 1.60. The topological polar surface area (TPSA) is 87.3 Å². The number of methoxy groups -OCH3 is 1. The van der Waals surface area contributed by atoms with E-state index in [-0.39, 0.29) is 24.1 Å². The first-order valence-corrected chi connectivity index (χ1v) is 10.8. The lowest BCUT2D eigenvalue weighted by Gasteiger charge is -2.22. The summed E-state index contributed by atoms with van der Waals surface area (Å²) in [5.41, 5.74) is 3.17. The number of halogens is 1. The van der Waals surface area contributed by atoms with Gasteiger partial charge in [0.25, 0.3) is 0 Å². The molecule has 3 aromatic rings. The monoisotopic (exact) mass is 452 g/mol. The number of hydrogen-bond donors (Lipinski definition) is 2. The van der Waals surface area contributed by atoms with E-state index in [1.54, 1.807) is 37.3 Å². The van der Waals surface area contributed by atoms with Gasteiger partial charge in [-0.1, -0.05) is 24.3 Å². The molecule has 3 rings (SSSR count). The largest absolute Gasteiger partial charge is 0.497 e. The van der Waals surface area contributed by atoms with Gasteiger partial charge < -0.3 is 15.0 Å². The summed E-state index contributed by atoms with van der Waals surface area (Å²) < 4.78 is 18.6. The Morgan fingerprint density at radius 2 is 1.94 bits per heavy atom. The zero-order valence-corrected chi connectivity index (χ0v) is 19.1. The van der Waals surface area contributed by atoms with Crippen LogP contribution in [0, 0.1) is 5.82 Å². The van der Waals surface area contributed by atoms with E-state index in [0.717, 1.165) is 17.7 Å². The zero-order valence-electron chi connectivity index (χ0n) is 19.1. The van der Waals surface area contributed by atoms with Crippen molar-refractivity contribution in [1.29, 1.82) is 0 Å². The van der Waals surface area contributed by atoms with Crippen LogP contribution in [0.2, 0.25) is 0 Å². The summed E-state index contributed by atoms with van der Waals surface area (Å²) in [5, 5.41) is 10.1. The number of aryl methyl sites for hydroxylation is 1. The summed E-state index contributed by atoms with van der Waals surface area (Å²) in [5.74, 6) is 0.154. The van der Waals surface area contributed by atoms with E-state index in [0.29, 0.717) is 30.0 Å². The van der Waals surface area contributed by atoms with Gasteiger partial charge in [-0.3, -0.25) is 14.7 Å². The minimum Gasteiger partial charge on any atom is -0.497 e. The van der Waals surface area contributed by atoms with Gasteiger partial charge in [-0.15, -0.1) is 0 Å². The lowest BCUT2D eigenvalue weighted by Crippen LogP contribution is -2.34. The third-order valence-electron chi connectivity index (χ3n) is 5.39. The molecule has 7 nitrogen and oxygen atoms in total. The highest BCUT2D eigenvalue weighted by molar-refractivity contribution is 5.79. The van der Waals surface area contributed by atoms with Crippen molar-refractivity contribution in [2.24, 2.45) is 0 Å². The summed E-state index contributed by atoms with van der Waals surface area (Å²) in [6.45, 7) is 2.00. The Balaban J connectivity index is 1.53. The minimum absolute atomic E-state index is 0.0605. The minimum atomic E-state index is -0.412. The van der Waals surface area contributed by atoms with E-state index < -0.39 is 6.04 Å². The van der Waals surface area contributed by atoms with Gasteiger partial charge in [0.05, 0.1) is 25.3 Å². The Morgan fingerprint density at radius 3 is 2.61 bits per heavy atom. The lowest BCUT2D eigenvalue weighted by molar-refractivity contribution is -0.130. The number of carbonyl (C=O) groups excluding carboxylic acids is 2. The number of rotatable bonds is 10. The molecule has 2 N–H and O–H groups in total. The molecule has 0 saturated heterocycles. The normalized spacial score (nSPS) is 11.6. The molecule has 2 amide bonds. The van der Waals surface area contributed by atoms with Crippen LogP contribution in [0.3, 0.4) is 0 Å². The van der Waals surface area contributed by atoms with Crippen molar-refractivity contribution >= 4 is 11.8 Å². The highest BCUT2D eigenvalue weighted by atomic mass is 19.1. The highest BCUT2D eigenvalue weighted by Crippen LogP contribution is 2.22. The molecule has 1 heterocycles. The average Bonchev–Trinajstić information content (AvgIpc) is 3.27. The van der Waals surface area contributed by atoms with Crippen LogP contribution >= 0.6 is 0 Å².